The van der Waals surface area contributed by atoms with E-state index < -0.39 is 0 Å². The van der Waals surface area contributed by atoms with E-state index in [1.54, 1.807) is 11.0 Å². The molecule has 1 rings (SSSR count). The van der Waals surface area contributed by atoms with Gasteiger partial charge in [-0.1, -0.05) is 30.9 Å². The van der Waals surface area contributed by atoms with Crippen LogP contribution < -0.4 is 4.90 Å². The summed E-state index contributed by atoms with van der Waals surface area (Å²) in [4.78, 5) is 6.21. The zero-order valence-corrected chi connectivity index (χ0v) is 15.3. The molecule has 3 heteroatoms. The molecule has 0 amide bonds. The van der Waals surface area contributed by atoms with Gasteiger partial charge in [-0.25, -0.2) is 4.39 Å². The Labute approximate surface area is 145 Å². The molecule has 0 radical (unpaired) electrons. The summed E-state index contributed by atoms with van der Waals surface area (Å²) < 4.78 is 14.4. The highest BCUT2D eigenvalue weighted by molar-refractivity contribution is 5.63. The molecule has 1 aromatic rings. The van der Waals surface area contributed by atoms with Crippen LogP contribution >= 0.6 is 0 Å². The molecular formula is C21H27FN2. The van der Waals surface area contributed by atoms with Gasteiger partial charge in [0.2, 0.25) is 0 Å². The average molecular weight is 326 g/mol. The number of rotatable bonds is 7. The van der Waals surface area contributed by atoms with Gasteiger partial charge in [-0.3, -0.25) is 4.99 Å². The minimum absolute atomic E-state index is 0.267. The van der Waals surface area contributed by atoms with Crippen LogP contribution in [0.1, 0.15) is 39.7 Å². The lowest BCUT2D eigenvalue weighted by Crippen LogP contribution is -2.17. The van der Waals surface area contributed by atoms with Gasteiger partial charge < -0.3 is 4.90 Å². The zero-order valence-electron chi connectivity index (χ0n) is 15.3. The number of benzene rings is 1. The molecule has 2 nitrogen and oxygen atoms in total. The lowest BCUT2D eigenvalue weighted by Gasteiger charge is -2.24. The zero-order chi connectivity index (χ0) is 18.1. The van der Waals surface area contributed by atoms with Gasteiger partial charge in [0.1, 0.15) is 5.82 Å². The fourth-order valence-corrected chi connectivity index (χ4v) is 2.14. The van der Waals surface area contributed by atoms with E-state index in [4.69, 9.17) is 0 Å². The van der Waals surface area contributed by atoms with E-state index in [-0.39, 0.29) is 5.82 Å². The van der Waals surface area contributed by atoms with Crippen LogP contribution in [0.3, 0.4) is 0 Å². The Bertz CT molecular complexity index is 694. The molecule has 24 heavy (non-hydrogen) atoms. The quantitative estimate of drug-likeness (QED) is 0.325. The second-order valence-electron chi connectivity index (χ2n) is 5.58. The van der Waals surface area contributed by atoms with Crippen LogP contribution in [0.2, 0.25) is 0 Å². The Hall–Kier alpha value is -2.42. The summed E-state index contributed by atoms with van der Waals surface area (Å²) in [5.74, 6) is -0.267. The number of hydrogen-bond acceptors (Lipinski definition) is 2. The standard InChI is InChI=1S/C21H27FN2/c1-7-9-10-13-23-18(5)17(4)19(6)24(14-8-2)21-12-11-16(3)15-20(21)22/h7-9,11-15H,6,10H2,1-5H3/b9-7-,14-8-,18-17+,23-13+. The molecule has 0 aliphatic rings. The van der Waals surface area contributed by atoms with E-state index in [0.717, 1.165) is 23.3 Å². The molecular weight excluding hydrogens is 299 g/mol. The van der Waals surface area contributed by atoms with Gasteiger partial charge in [-0.2, -0.15) is 0 Å². The maximum Gasteiger partial charge on any atom is 0.147 e. The lowest BCUT2D eigenvalue weighted by molar-refractivity contribution is 0.626. The van der Waals surface area contributed by atoms with Crippen LogP contribution in [-0.2, 0) is 0 Å². The molecule has 0 spiro atoms. The van der Waals surface area contributed by atoms with Crippen molar-refractivity contribution in [1.82, 2.24) is 0 Å². The highest BCUT2D eigenvalue weighted by atomic mass is 19.1. The summed E-state index contributed by atoms with van der Waals surface area (Å²) in [6, 6.07) is 5.19. The molecule has 0 saturated carbocycles. The topological polar surface area (TPSA) is 15.6 Å². The van der Waals surface area contributed by atoms with E-state index in [9.17, 15) is 4.39 Å². The first-order chi connectivity index (χ1) is 11.4. The summed E-state index contributed by atoms with van der Waals surface area (Å²) in [7, 11) is 0. The van der Waals surface area contributed by atoms with Gasteiger partial charge in [0, 0.05) is 30.2 Å². The Morgan fingerprint density at radius 3 is 2.54 bits per heavy atom. The van der Waals surface area contributed by atoms with Gasteiger partial charge >= 0.3 is 0 Å². The number of halogens is 1. The molecule has 0 heterocycles. The second-order valence-corrected chi connectivity index (χ2v) is 5.58. The van der Waals surface area contributed by atoms with E-state index in [2.05, 4.69) is 11.6 Å². The van der Waals surface area contributed by atoms with Gasteiger partial charge in [0.15, 0.2) is 0 Å². The smallest absolute Gasteiger partial charge is 0.147 e. The average Bonchev–Trinajstić information content (AvgIpc) is 2.55. The van der Waals surface area contributed by atoms with Crippen molar-refractivity contribution in [3.63, 3.8) is 0 Å². The fourth-order valence-electron chi connectivity index (χ4n) is 2.14. The van der Waals surface area contributed by atoms with Crippen molar-refractivity contribution >= 4 is 11.9 Å². The van der Waals surface area contributed by atoms with Crippen LogP contribution in [0.25, 0.3) is 0 Å². The number of allylic oxidation sites excluding steroid dienone is 5. The van der Waals surface area contributed by atoms with Gasteiger partial charge in [-0.05, 0) is 57.9 Å². The van der Waals surface area contributed by atoms with E-state index in [1.807, 2.05) is 71.3 Å². The number of hydrogen-bond donors (Lipinski definition) is 0. The predicted molar refractivity (Wildman–Crippen MR) is 104 cm³/mol. The Balaban J connectivity index is 3.16. The van der Waals surface area contributed by atoms with Crippen LogP contribution in [0.4, 0.5) is 10.1 Å². The molecule has 0 unspecified atom stereocenters. The number of aliphatic imine (C=N–C) groups is 1. The Kier molecular flexibility index (Phi) is 7.90. The van der Waals surface area contributed by atoms with Crippen molar-refractivity contribution in [2.45, 2.75) is 41.0 Å². The van der Waals surface area contributed by atoms with Gasteiger partial charge in [-0.15, -0.1) is 0 Å². The highest BCUT2D eigenvalue weighted by Crippen LogP contribution is 2.28. The third kappa shape index (κ3) is 5.34. The normalized spacial score (nSPS) is 13.1. The summed E-state index contributed by atoms with van der Waals surface area (Å²) in [5.41, 5.74) is 3.86. The fraction of sp³-hybridized carbons (Fsp3) is 0.286. The summed E-state index contributed by atoms with van der Waals surface area (Å²) in [5, 5.41) is 0. The molecule has 0 atom stereocenters. The molecule has 0 bridgehead atoms. The largest absolute Gasteiger partial charge is 0.315 e. The maximum absolute atomic E-state index is 14.4. The van der Waals surface area contributed by atoms with Crippen LogP contribution in [-0.4, -0.2) is 6.21 Å². The van der Waals surface area contributed by atoms with Crippen LogP contribution in [0, 0.1) is 12.7 Å². The molecule has 0 saturated heterocycles. The number of aryl methyl sites for hydroxylation is 1. The first-order valence-electron chi connectivity index (χ1n) is 8.11. The van der Waals surface area contributed by atoms with E-state index in [0.29, 0.717) is 11.4 Å². The molecule has 1 aromatic carbocycles. The minimum atomic E-state index is -0.267. The van der Waals surface area contributed by atoms with Crippen molar-refractivity contribution in [2.75, 3.05) is 4.90 Å². The second kappa shape index (κ2) is 9.66. The Morgan fingerprint density at radius 1 is 1.25 bits per heavy atom. The third-order valence-electron chi connectivity index (χ3n) is 3.69. The van der Waals surface area contributed by atoms with E-state index in [1.165, 1.54) is 6.07 Å². The summed E-state index contributed by atoms with van der Waals surface area (Å²) in [6.07, 6.45) is 10.4. The molecule has 128 valence electrons. The Morgan fingerprint density at radius 2 is 1.96 bits per heavy atom. The molecule has 0 N–H and O–H groups in total. The maximum atomic E-state index is 14.4. The predicted octanol–water partition coefficient (Wildman–Crippen LogP) is 6.32. The van der Waals surface area contributed by atoms with Crippen molar-refractivity contribution in [3.05, 3.63) is 77.6 Å². The van der Waals surface area contributed by atoms with Crippen molar-refractivity contribution in [1.29, 1.82) is 0 Å². The van der Waals surface area contributed by atoms with Crippen molar-refractivity contribution < 1.29 is 4.39 Å². The number of anilines is 1. The first kappa shape index (κ1) is 19.6. The summed E-state index contributed by atoms with van der Waals surface area (Å²) >= 11 is 0. The third-order valence-corrected chi connectivity index (χ3v) is 3.69. The van der Waals surface area contributed by atoms with Crippen molar-refractivity contribution in [2.24, 2.45) is 4.99 Å². The lowest BCUT2D eigenvalue weighted by atomic mass is 10.1. The van der Waals surface area contributed by atoms with E-state index >= 15 is 0 Å². The van der Waals surface area contributed by atoms with Crippen LogP contribution in [0.15, 0.2) is 71.2 Å². The van der Waals surface area contributed by atoms with Gasteiger partial charge in [0.25, 0.3) is 0 Å². The SMILES string of the molecule is C=C(/C(C)=C(C)/N=C/C/C=C\C)N(/C=C\C)c1ccc(C)cc1F. The van der Waals surface area contributed by atoms with Gasteiger partial charge in [0.05, 0.1) is 5.69 Å². The number of nitrogens with zero attached hydrogens (tertiary/aromatic N) is 2. The molecule has 0 fully saturated rings. The van der Waals surface area contributed by atoms with Crippen LogP contribution in [0.5, 0.6) is 0 Å². The van der Waals surface area contributed by atoms with Crippen molar-refractivity contribution in [3.8, 4) is 0 Å². The monoisotopic (exact) mass is 326 g/mol. The first-order valence-corrected chi connectivity index (χ1v) is 8.11. The minimum Gasteiger partial charge on any atom is -0.315 e. The molecule has 0 aliphatic carbocycles. The summed E-state index contributed by atoms with van der Waals surface area (Å²) in [6.45, 7) is 13.8. The highest BCUT2D eigenvalue weighted by Gasteiger charge is 2.14. The molecule has 0 aliphatic heterocycles. The molecule has 0 aromatic heterocycles.